The number of anilines is 2. The molecule has 2 fully saturated rings. The number of ether oxygens (including phenoxy) is 1. The predicted octanol–water partition coefficient (Wildman–Crippen LogP) is 9.37. The lowest BCUT2D eigenvalue weighted by Gasteiger charge is -2.34. The Morgan fingerprint density at radius 2 is 1.05 bits per heavy atom. The van der Waals surface area contributed by atoms with Crippen LogP contribution in [0, 0.1) is 31.5 Å². The minimum Gasteiger partial charge on any atom is -0.497 e. The lowest BCUT2D eigenvalue weighted by Crippen LogP contribution is -2.34. The van der Waals surface area contributed by atoms with Crippen molar-refractivity contribution < 1.29 is 26.0 Å². The normalized spacial score (nSPS) is 15.8. The molecule has 2 aromatic heterocycles. The zero-order valence-electron chi connectivity index (χ0n) is 33.1. The smallest absolute Gasteiger partial charge is 0.210 e. The largest absolute Gasteiger partial charge is 0.497 e. The number of fused-ring (bicyclic) bond motifs is 2. The van der Waals surface area contributed by atoms with Gasteiger partial charge in [-0.2, -0.15) is 0 Å². The molecule has 0 saturated carbocycles. The standard InChI is InChI=1S/C23H26N2O3S.C22H23FN2O2S/c1-16-9-11-25(12-10-16)23-20-13-17(2)7-8-21(20)24-15-22(23)29(26,27)19-6-4-5-18(14-19)28-3;1-15-8-10-25(11-9-15)22-19-12-16(2)6-7-20(19)24-14-21(22)28(26,27)18-5-3-4-17(23)13-18/h4-8,13-16H,9-12H2,1-3H3;3-7,12-15H,8-11H2,1-2H3. The average Bonchev–Trinajstić information content (AvgIpc) is 3.21. The van der Waals surface area contributed by atoms with Gasteiger partial charge in [0.05, 0.1) is 39.3 Å². The van der Waals surface area contributed by atoms with Gasteiger partial charge in [0.25, 0.3) is 0 Å². The highest BCUT2D eigenvalue weighted by Crippen LogP contribution is 2.40. The Kier molecular flexibility index (Phi) is 11.6. The molecule has 0 bridgehead atoms. The summed E-state index contributed by atoms with van der Waals surface area (Å²) in [4.78, 5) is 13.8. The number of methoxy groups -OCH3 is 1. The van der Waals surface area contributed by atoms with Gasteiger partial charge in [0.15, 0.2) is 0 Å². The van der Waals surface area contributed by atoms with Gasteiger partial charge in [0.2, 0.25) is 19.7 Å². The van der Waals surface area contributed by atoms with E-state index in [1.165, 1.54) is 37.7 Å². The van der Waals surface area contributed by atoms with Crippen LogP contribution in [0.2, 0.25) is 0 Å². The zero-order chi connectivity index (χ0) is 40.5. The molecule has 0 radical (unpaired) electrons. The molecule has 2 saturated heterocycles. The van der Waals surface area contributed by atoms with Gasteiger partial charge in [-0.1, -0.05) is 49.2 Å². The molecule has 0 unspecified atom stereocenters. The summed E-state index contributed by atoms with van der Waals surface area (Å²) in [5.41, 5.74) is 5.16. The first-order chi connectivity index (χ1) is 27.3. The van der Waals surface area contributed by atoms with Gasteiger partial charge in [-0.3, -0.25) is 9.97 Å². The Hall–Kier alpha value is -5.07. The van der Waals surface area contributed by atoms with E-state index in [0.29, 0.717) is 23.3 Å². The summed E-state index contributed by atoms with van der Waals surface area (Å²) in [7, 11) is -6.12. The number of hydrogen-bond donors (Lipinski definition) is 0. The number of halogens is 1. The second kappa shape index (κ2) is 16.4. The summed E-state index contributed by atoms with van der Waals surface area (Å²) in [5.74, 6) is 1.22. The van der Waals surface area contributed by atoms with Crippen molar-refractivity contribution in [2.75, 3.05) is 43.1 Å². The van der Waals surface area contributed by atoms with Gasteiger partial charge in [-0.15, -0.1) is 0 Å². The molecular formula is C45H49FN4O5S2. The predicted molar refractivity (Wildman–Crippen MR) is 224 cm³/mol. The lowest BCUT2D eigenvalue weighted by atomic mass is 9.98. The molecule has 57 heavy (non-hydrogen) atoms. The monoisotopic (exact) mass is 808 g/mol. The fourth-order valence-corrected chi connectivity index (χ4v) is 10.6. The summed E-state index contributed by atoms with van der Waals surface area (Å²) in [6.45, 7) is 11.7. The van der Waals surface area contributed by atoms with Crippen LogP contribution >= 0.6 is 0 Å². The SMILES string of the molecule is COc1cccc(S(=O)(=O)c2cnc3ccc(C)cc3c2N2CCC(C)CC2)c1.Cc1ccc2ncc(S(=O)(=O)c3cccc(F)c3)c(N3CCC(C)CC3)c2c1. The van der Waals surface area contributed by atoms with E-state index >= 15 is 0 Å². The average molecular weight is 809 g/mol. The third-order valence-corrected chi connectivity index (χ3v) is 14.7. The fourth-order valence-electron chi connectivity index (χ4n) is 7.71. The number of nitrogens with zero attached hydrogens (tertiary/aromatic N) is 4. The molecule has 8 rings (SSSR count). The van der Waals surface area contributed by atoms with Gasteiger partial charge < -0.3 is 14.5 Å². The molecule has 0 N–H and O–H groups in total. The molecule has 9 nitrogen and oxygen atoms in total. The van der Waals surface area contributed by atoms with E-state index in [4.69, 9.17) is 4.74 Å². The molecule has 4 heterocycles. The van der Waals surface area contributed by atoms with Crippen molar-refractivity contribution in [2.24, 2.45) is 11.8 Å². The summed E-state index contributed by atoms with van der Waals surface area (Å²) >= 11 is 0. The van der Waals surface area contributed by atoms with Crippen molar-refractivity contribution in [1.29, 1.82) is 0 Å². The van der Waals surface area contributed by atoms with Crippen LogP contribution < -0.4 is 14.5 Å². The summed E-state index contributed by atoms with van der Waals surface area (Å²) in [5, 5.41) is 1.72. The fraction of sp³-hybridized carbons (Fsp3) is 0.333. The van der Waals surface area contributed by atoms with Gasteiger partial charge in [0.1, 0.15) is 21.4 Å². The Bertz CT molecular complexity index is 2660. The van der Waals surface area contributed by atoms with E-state index in [9.17, 15) is 21.2 Å². The third-order valence-electron chi connectivity index (χ3n) is 11.2. The maximum atomic E-state index is 13.7. The van der Waals surface area contributed by atoms with Crippen LogP contribution in [-0.4, -0.2) is 60.1 Å². The number of aromatic nitrogens is 2. The third kappa shape index (κ3) is 8.34. The van der Waals surface area contributed by atoms with E-state index in [2.05, 4.69) is 33.6 Å². The highest BCUT2D eigenvalue weighted by Gasteiger charge is 2.30. The Morgan fingerprint density at radius 1 is 0.614 bits per heavy atom. The highest BCUT2D eigenvalue weighted by atomic mass is 32.2. The number of aryl methyl sites for hydroxylation is 2. The van der Waals surface area contributed by atoms with Crippen LogP contribution in [0.4, 0.5) is 15.8 Å². The molecule has 0 aliphatic carbocycles. The van der Waals surface area contributed by atoms with Crippen molar-refractivity contribution in [1.82, 2.24) is 9.97 Å². The molecule has 0 spiro atoms. The van der Waals surface area contributed by atoms with Crippen molar-refractivity contribution in [2.45, 2.75) is 73.0 Å². The maximum Gasteiger partial charge on any atom is 0.210 e. The first-order valence-electron chi connectivity index (χ1n) is 19.4. The van der Waals surface area contributed by atoms with E-state index < -0.39 is 25.5 Å². The van der Waals surface area contributed by atoms with Crippen molar-refractivity contribution in [3.63, 3.8) is 0 Å². The van der Waals surface area contributed by atoms with Crippen LogP contribution in [0.1, 0.15) is 50.7 Å². The molecule has 4 aromatic carbocycles. The van der Waals surface area contributed by atoms with E-state index in [1.54, 1.807) is 24.3 Å². The first kappa shape index (κ1) is 40.1. The van der Waals surface area contributed by atoms with Crippen molar-refractivity contribution >= 4 is 52.9 Å². The number of sulfone groups is 2. The Labute approximate surface area is 335 Å². The summed E-state index contributed by atoms with van der Waals surface area (Å²) in [6.07, 6.45) is 7.05. The summed E-state index contributed by atoms with van der Waals surface area (Å²) in [6, 6.07) is 23.7. The van der Waals surface area contributed by atoms with Gasteiger partial charge in [-0.25, -0.2) is 21.2 Å². The van der Waals surface area contributed by atoms with Crippen LogP contribution in [0.25, 0.3) is 21.8 Å². The van der Waals surface area contributed by atoms with E-state index in [1.807, 2.05) is 50.2 Å². The second-order valence-corrected chi connectivity index (χ2v) is 19.3. The van der Waals surface area contributed by atoms with Crippen LogP contribution in [0.15, 0.2) is 117 Å². The number of rotatable bonds is 7. The molecule has 6 aromatic rings. The van der Waals surface area contributed by atoms with Crippen molar-refractivity contribution in [3.8, 4) is 5.75 Å². The lowest BCUT2D eigenvalue weighted by molar-refractivity contribution is 0.413. The molecule has 12 heteroatoms. The second-order valence-electron chi connectivity index (χ2n) is 15.5. The van der Waals surface area contributed by atoms with Gasteiger partial charge >= 0.3 is 0 Å². The number of piperidine rings is 2. The molecular weight excluding hydrogens is 760 g/mol. The Balaban J connectivity index is 0.000000174. The zero-order valence-corrected chi connectivity index (χ0v) is 34.7. The number of hydrogen-bond acceptors (Lipinski definition) is 9. The molecule has 2 aliphatic rings. The van der Waals surface area contributed by atoms with Crippen molar-refractivity contribution in [3.05, 3.63) is 114 Å². The van der Waals surface area contributed by atoms with Gasteiger partial charge in [0, 0.05) is 49.3 Å². The topological polar surface area (TPSA) is 110 Å². The quantitative estimate of drug-likeness (QED) is 0.156. The Morgan fingerprint density at radius 3 is 1.49 bits per heavy atom. The van der Waals surface area contributed by atoms with Crippen LogP contribution in [0.5, 0.6) is 5.75 Å². The molecule has 0 atom stereocenters. The molecule has 298 valence electrons. The molecule has 0 amide bonds. The van der Waals surface area contributed by atoms with E-state index in [0.717, 1.165) is 96.5 Å². The van der Waals surface area contributed by atoms with Gasteiger partial charge in [-0.05, 0) is 112 Å². The van der Waals surface area contributed by atoms with Crippen LogP contribution in [0.3, 0.4) is 0 Å². The van der Waals surface area contributed by atoms with Crippen LogP contribution in [-0.2, 0) is 19.7 Å². The number of pyridine rings is 2. The van der Waals surface area contributed by atoms with E-state index in [-0.39, 0.29) is 19.6 Å². The number of benzene rings is 4. The minimum atomic E-state index is -3.90. The summed E-state index contributed by atoms with van der Waals surface area (Å²) < 4.78 is 73.1. The highest BCUT2D eigenvalue weighted by molar-refractivity contribution is 7.92. The maximum absolute atomic E-state index is 13.7. The minimum absolute atomic E-state index is 0.0482. The first-order valence-corrected chi connectivity index (χ1v) is 22.4. The molecule has 2 aliphatic heterocycles.